The second-order valence-corrected chi connectivity index (χ2v) is 4.56. The van der Waals surface area contributed by atoms with Crippen molar-refractivity contribution >= 4 is 17.9 Å². The van der Waals surface area contributed by atoms with Crippen LogP contribution in [-0.4, -0.2) is 35.1 Å². The third kappa shape index (κ3) is 8.87. The molecular weight excluding hydrogens is 250 g/mol. The number of carboxylic acid groups (broad SMARTS) is 1. The highest BCUT2D eigenvalue weighted by molar-refractivity contribution is 5.83. The van der Waals surface area contributed by atoms with Crippen molar-refractivity contribution in [3.05, 3.63) is 0 Å². The molecule has 2 unspecified atom stereocenters. The molecule has 3 amide bonds. The predicted octanol–water partition coefficient (Wildman–Crippen LogP) is 0.583. The molecule has 0 spiro atoms. The molecule has 0 radical (unpaired) electrons. The summed E-state index contributed by atoms with van der Waals surface area (Å²) in [5.41, 5.74) is 4.95. The zero-order valence-electron chi connectivity index (χ0n) is 11.4. The SMILES string of the molecule is CCCCC(C)NC(=O)NC(CCC(N)=O)C(=O)O. The van der Waals surface area contributed by atoms with Gasteiger partial charge in [-0.1, -0.05) is 19.8 Å². The first-order chi connectivity index (χ1) is 8.86. The Morgan fingerprint density at radius 1 is 1.21 bits per heavy atom. The van der Waals surface area contributed by atoms with Gasteiger partial charge in [0.05, 0.1) is 0 Å². The minimum atomic E-state index is -1.18. The average Bonchev–Trinajstić information content (AvgIpc) is 2.31. The molecule has 0 aliphatic rings. The van der Waals surface area contributed by atoms with Gasteiger partial charge < -0.3 is 21.5 Å². The van der Waals surface area contributed by atoms with Crippen LogP contribution in [0.15, 0.2) is 0 Å². The number of hydrogen-bond acceptors (Lipinski definition) is 3. The minimum Gasteiger partial charge on any atom is -0.480 e. The Bertz CT molecular complexity index is 320. The molecular formula is C12H23N3O4. The summed E-state index contributed by atoms with van der Waals surface area (Å²) in [5, 5.41) is 13.9. The molecule has 0 saturated carbocycles. The first-order valence-corrected chi connectivity index (χ1v) is 6.45. The molecule has 0 saturated heterocycles. The second kappa shape index (κ2) is 9.18. The Hall–Kier alpha value is -1.79. The van der Waals surface area contributed by atoms with E-state index in [1.165, 1.54) is 0 Å². The first kappa shape index (κ1) is 17.2. The zero-order chi connectivity index (χ0) is 14.8. The van der Waals surface area contributed by atoms with Gasteiger partial charge in [-0.3, -0.25) is 4.79 Å². The number of unbranched alkanes of at least 4 members (excludes halogenated alkanes) is 1. The van der Waals surface area contributed by atoms with Crippen LogP contribution in [0, 0.1) is 0 Å². The molecule has 110 valence electrons. The van der Waals surface area contributed by atoms with Gasteiger partial charge in [-0.2, -0.15) is 0 Å². The standard InChI is InChI=1S/C12H23N3O4/c1-3-4-5-8(2)14-12(19)15-9(11(17)18)6-7-10(13)16/h8-9H,3-7H2,1-2H3,(H2,13,16)(H,17,18)(H2,14,15,19). The van der Waals surface area contributed by atoms with E-state index in [4.69, 9.17) is 10.8 Å². The van der Waals surface area contributed by atoms with Crippen molar-refractivity contribution in [2.24, 2.45) is 5.73 Å². The van der Waals surface area contributed by atoms with Crippen molar-refractivity contribution in [3.63, 3.8) is 0 Å². The van der Waals surface area contributed by atoms with E-state index in [2.05, 4.69) is 17.6 Å². The van der Waals surface area contributed by atoms with Crippen molar-refractivity contribution in [1.29, 1.82) is 0 Å². The van der Waals surface area contributed by atoms with Crippen LogP contribution < -0.4 is 16.4 Å². The van der Waals surface area contributed by atoms with E-state index in [-0.39, 0.29) is 18.9 Å². The number of nitrogens with two attached hydrogens (primary N) is 1. The van der Waals surface area contributed by atoms with E-state index >= 15 is 0 Å². The fraction of sp³-hybridized carbons (Fsp3) is 0.750. The van der Waals surface area contributed by atoms with Gasteiger partial charge in [0.2, 0.25) is 5.91 Å². The van der Waals surface area contributed by atoms with Crippen molar-refractivity contribution in [3.8, 4) is 0 Å². The molecule has 0 aromatic rings. The number of rotatable bonds is 9. The van der Waals surface area contributed by atoms with E-state index < -0.39 is 23.9 Å². The number of primary amides is 1. The number of carbonyl (C=O) groups is 3. The van der Waals surface area contributed by atoms with Crippen LogP contribution in [0.4, 0.5) is 4.79 Å². The maximum Gasteiger partial charge on any atom is 0.326 e. The second-order valence-electron chi connectivity index (χ2n) is 4.56. The molecule has 5 N–H and O–H groups in total. The Labute approximate surface area is 112 Å². The summed E-state index contributed by atoms with van der Waals surface area (Å²) in [4.78, 5) is 33.1. The Balaban J connectivity index is 4.16. The van der Waals surface area contributed by atoms with Crippen LogP contribution in [0.2, 0.25) is 0 Å². The lowest BCUT2D eigenvalue weighted by Gasteiger charge is -2.17. The maximum absolute atomic E-state index is 11.6. The Morgan fingerprint density at radius 3 is 2.32 bits per heavy atom. The molecule has 0 aromatic heterocycles. The first-order valence-electron chi connectivity index (χ1n) is 6.45. The summed E-state index contributed by atoms with van der Waals surface area (Å²) < 4.78 is 0. The van der Waals surface area contributed by atoms with Crippen molar-refractivity contribution in [2.45, 2.75) is 58.0 Å². The van der Waals surface area contributed by atoms with Crippen LogP contribution >= 0.6 is 0 Å². The molecule has 19 heavy (non-hydrogen) atoms. The highest BCUT2D eigenvalue weighted by Gasteiger charge is 2.20. The number of nitrogens with one attached hydrogen (secondary N) is 2. The molecule has 7 heteroatoms. The lowest BCUT2D eigenvalue weighted by atomic mass is 10.1. The molecule has 0 heterocycles. The van der Waals surface area contributed by atoms with Gasteiger partial charge in [0, 0.05) is 12.5 Å². The highest BCUT2D eigenvalue weighted by Crippen LogP contribution is 2.00. The maximum atomic E-state index is 11.6. The number of urea groups is 1. The van der Waals surface area contributed by atoms with Crippen LogP contribution in [-0.2, 0) is 9.59 Å². The van der Waals surface area contributed by atoms with E-state index in [9.17, 15) is 14.4 Å². The van der Waals surface area contributed by atoms with Crippen LogP contribution in [0.1, 0.15) is 46.0 Å². The van der Waals surface area contributed by atoms with Gasteiger partial charge in [0.1, 0.15) is 6.04 Å². The lowest BCUT2D eigenvalue weighted by molar-refractivity contribution is -0.139. The van der Waals surface area contributed by atoms with Crippen LogP contribution in [0.3, 0.4) is 0 Å². The van der Waals surface area contributed by atoms with Crippen LogP contribution in [0.5, 0.6) is 0 Å². The predicted molar refractivity (Wildman–Crippen MR) is 70.5 cm³/mol. The fourth-order valence-electron chi connectivity index (χ4n) is 1.55. The topological polar surface area (TPSA) is 122 Å². The number of hydrogen-bond donors (Lipinski definition) is 4. The number of aliphatic carboxylic acids is 1. The monoisotopic (exact) mass is 273 g/mol. The fourth-order valence-corrected chi connectivity index (χ4v) is 1.55. The Morgan fingerprint density at radius 2 is 1.84 bits per heavy atom. The van der Waals surface area contributed by atoms with Gasteiger partial charge in [-0.05, 0) is 19.8 Å². The van der Waals surface area contributed by atoms with Gasteiger partial charge >= 0.3 is 12.0 Å². The molecule has 0 bridgehead atoms. The summed E-state index contributed by atoms with van der Waals surface area (Å²) in [6.07, 6.45) is 2.77. The molecule has 0 rings (SSSR count). The van der Waals surface area contributed by atoms with Crippen molar-refractivity contribution < 1.29 is 19.5 Å². The van der Waals surface area contributed by atoms with E-state index in [0.717, 1.165) is 19.3 Å². The third-order valence-electron chi connectivity index (χ3n) is 2.65. The molecule has 0 aliphatic heterocycles. The third-order valence-corrected chi connectivity index (χ3v) is 2.65. The summed E-state index contributed by atoms with van der Waals surface area (Å²) in [6.45, 7) is 3.91. The Kier molecular flexibility index (Phi) is 8.32. The van der Waals surface area contributed by atoms with Crippen molar-refractivity contribution in [1.82, 2.24) is 10.6 Å². The van der Waals surface area contributed by atoms with Gasteiger partial charge in [-0.15, -0.1) is 0 Å². The molecule has 0 aliphatic carbocycles. The van der Waals surface area contributed by atoms with Crippen molar-refractivity contribution in [2.75, 3.05) is 0 Å². The van der Waals surface area contributed by atoms with E-state index in [1.54, 1.807) is 0 Å². The summed E-state index contributed by atoms with van der Waals surface area (Å²) in [5.74, 6) is -1.78. The van der Waals surface area contributed by atoms with E-state index in [0.29, 0.717) is 0 Å². The number of carbonyl (C=O) groups excluding carboxylic acids is 2. The van der Waals surface area contributed by atoms with Crippen LogP contribution in [0.25, 0.3) is 0 Å². The molecule has 0 aromatic carbocycles. The average molecular weight is 273 g/mol. The molecule has 7 nitrogen and oxygen atoms in total. The zero-order valence-corrected chi connectivity index (χ0v) is 11.4. The summed E-state index contributed by atoms with van der Waals surface area (Å²) >= 11 is 0. The molecule has 2 atom stereocenters. The quantitative estimate of drug-likeness (QED) is 0.491. The minimum absolute atomic E-state index is 0.0125. The lowest BCUT2D eigenvalue weighted by Crippen LogP contribution is -2.48. The number of carboxylic acids is 1. The summed E-state index contributed by atoms with van der Waals surface area (Å²) in [7, 11) is 0. The normalized spacial score (nSPS) is 13.4. The summed E-state index contributed by atoms with van der Waals surface area (Å²) in [6, 6.07) is -1.67. The van der Waals surface area contributed by atoms with Gasteiger partial charge in [0.25, 0.3) is 0 Å². The van der Waals surface area contributed by atoms with E-state index in [1.807, 2.05) is 6.92 Å². The van der Waals surface area contributed by atoms with Gasteiger partial charge in [0.15, 0.2) is 0 Å². The smallest absolute Gasteiger partial charge is 0.326 e. The molecule has 0 fully saturated rings. The number of amides is 3. The van der Waals surface area contributed by atoms with Gasteiger partial charge in [-0.25, -0.2) is 9.59 Å². The highest BCUT2D eigenvalue weighted by atomic mass is 16.4. The largest absolute Gasteiger partial charge is 0.480 e.